The van der Waals surface area contributed by atoms with Crippen LogP contribution in [0, 0.1) is 5.92 Å². The molecule has 1 saturated heterocycles. The Balaban J connectivity index is 1.90. The number of carbonyl (C=O) groups excluding carboxylic acids is 1. The second-order valence-electron chi connectivity index (χ2n) is 4.63. The minimum Gasteiger partial charge on any atom is -0.378 e. The van der Waals surface area contributed by atoms with Crippen molar-refractivity contribution < 1.29 is 9.53 Å². The number of ether oxygens (including phenoxy) is 1. The van der Waals surface area contributed by atoms with Gasteiger partial charge >= 0.3 is 0 Å². The smallest absolute Gasteiger partial charge is 0.269 e. The van der Waals surface area contributed by atoms with Crippen molar-refractivity contribution in [2.45, 2.75) is 25.9 Å². The molecule has 104 valence electrons. The van der Waals surface area contributed by atoms with Crippen molar-refractivity contribution >= 4 is 11.7 Å². The summed E-state index contributed by atoms with van der Waals surface area (Å²) >= 11 is 0. The Morgan fingerprint density at radius 2 is 2.42 bits per heavy atom. The molecule has 2 unspecified atom stereocenters. The van der Waals surface area contributed by atoms with Gasteiger partial charge in [-0.2, -0.15) is 0 Å². The molecule has 1 aliphatic rings. The van der Waals surface area contributed by atoms with Gasteiger partial charge in [-0.1, -0.05) is 13.0 Å². The number of amides is 1. The summed E-state index contributed by atoms with van der Waals surface area (Å²) in [6.07, 6.45) is 2.23. The standard InChI is InChI=1S/C13H20N4O2/c1-2-11-9(6-7-19-11)8-15-13(18)10-4-3-5-12(16-10)17-14/h3-5,9,11H,2,6-8,14H2,1H3,(H,15,18)(H,16,17). The van der Waals surface area contributed by atoms with Crippen LogP contribution in [0.2, 0.25) is 0 Å². The fraction of sp³-hybridized carbons (Fsp3) is 0.538. The summed E-state index contributed by atoms with van der Waals surface area (Å²) in [4.78, 5) is 16.1. The number of nitrogens with zero attached hydrogens (tertiary/aromatic N) is 1. The zero-order chi connectivity index (χ0) is 13.7. The number of carbonyl (C=O) groups is 1. The minimum atomic E-state index is -0.182. The van der Waals surface area contributed by atoms with Gasteiger partial charge in [-0.05, 0) is 25.0 Å². The molecule has 0 aliphatic carbocycles. The molecule has 4 N–H and O–H groups in total. The summed E-state index contributed by atoms with van der Waals surface area (Å²) in [5, 5.41) is 2.91. The van der Waals surface area contributed by atoms with Crippen LogP contribution in [0.1, 0.15) is 30.3 Å². The van der Waals surface area contributed by atoms with Crippen molar-refractivity contribution in [1.82, 2.24) is 10.3 Å². The molecule has 1 fully saturated rings. The summed E-state index contributed by atoms with van der Waals surface area (Å²) in [5.41, 5.74) is 2.79. The number of rotatable bonds is 5. The Labute approximate surface area is 112 Å². The number of nitrogen functional groups attached to an aromatic ring is 1. The first-order chi connectivity index (χ1) is 9.24. The normalized spacial score (nSPS) is 22.2. The van der Waals surface area contributed by atoms with E-state index < -0.39 is 0 Å². The van der Waals surface area contributed by atoms with Gasteiger partial charge in [0.05, 0.1) is 6.10 Å². The second kappa shape index (κ2) is 6.49. The van der Waals surface area contributed by atoms with Crippen molar-refractivity contribution in [3.8, 4) is 0 Å². The van der Waals surface area contributed by atoms with Crippen LogP contribution in [0.15, 0.2) is 18.2 Å². The van der Waals surface area contributed by atoms with E-state index in [2.05, 4.69) is 22.7 Å². The molecule has 0 radical (unpaired) electrons. The van der Waals surface area contributed by atoms with E-state index in [4.69, 9.17) is 10.6 Å². The van der Waals surface area contributed by atoms with Crippen LogP contribution in [0.3, 0.4) is 0 Å². The van der Waals surface area contributed by atoms with Gasteiger partial charge in [-0.3, -0.25) is 4.79 Å². The predicted octanol–water partition coefficient (Wildman–Crippen LogP) is 0.912. The van der Waals surface area contributed by atoms with Crippen molar-refractivity contribution in [1.29, 1.82) is 0 Å². The maximum Gasteiger partial charge on any atom is 0.269 e. The summed E-state index contributed by atoms with van der Waals surface area (Å²) in [6.45, 7) is 3.51. The SMILES string of the molecule is CCC1OCCC1CNC(=O)c1cccc(NN)n1. The lowest BCUT2D eigenvalue weighted by Crippen LogP contribution is -2.33. The van der Waals surface area contributed by atoms with Crippen LogP contribution in [0.5, 0.6) is 0 Å². The van der Waals surface area contributed by atoms with Crippen LogP contribution < -0.4 is 16.6 Å². The van der Waals surface area contributed by atoms with E-state index in [-0.39, 0.29) is 12.0 Å². The van der Waals surface area contributed by atoms with Gasteiger partial charge < -0.3 is 15.5 Å². The molecule has 0 aromatic carbocycles. The van der Waals surface area contributed by atoms with Crippen molar-refractivity contribution in [2.75, 3.05) is 18.6 Å². The first-order valence-electron chi connectivity index (χ1n) is 6.58. The number of hydrogen-bond donors (Lipinski definition) is 3. The summed E-state index contributed by atoms with van der Waals surface area (Å²) in [7, 11) is 0. The lowest BCUT2D eigenvalue weighted by atomic mass is 10.00. The third-order valence-electron chi connectivity index (χ3n) is 3.40. The molecule has 2 rings (SSSR count). The fourth-order valence-corrected chi connectivity index (χ4v) is 2.33. The van der Waals surface area contributed by atoms with Gasteiger partial charge in [0, 0.05) is 19.1 Å². The maximum atomic E-state index is 12.0. The first kappa shape index (κ1) is 13.8. The third-order valence-corrected chi connectivity index (χ3v) is 3.40. The van der Waals surface area contributed by atoms with E-state index in [1.807, 2.05) is 0 Å². The molecule has 6 nitrogen and oxygen atoms in total. The molecule has 2 atom stereocenters. The topological polar surface area (TPSA) is 89.3 Å². The third kappa shape index (κ3) is 3.42. The number of nitrogens with two attached hydrogens (primary N) is 1. The Kier molecular flexibility index (Phi) is 4.70. The molecule has 0 saturated carbocycles. The van der Waals surface area contributed by atoms with E-state index in [1.54, 1.807) is 18.2 Å². The zero-order valence-corrected chi connectivity index (χ0v) is 11.1. The summed E-state index contributed by atoms with van der Waals surface area (Å²) in [5.74, 6) is 5.95. The van der Waals surface area contributed by atoms with Crippen LogP contribution in [0.25, 0.3) is 0 Å². The maximum absolute atomic E-state index is 12.0. The van der Waals surface area contributed by atoms with Crippen LogP contribution in [0.4, 0.5) is 5.82 Å². The molecule has 1 aromatic rings. The lowest BCUT2D eigenvalue weighted by molar-refractivity contribution is 0.0825. The van der Waals surface area contributed by atoms with Gasteiger partial charge in [0.2, 0.25) is 0 Å². The monoisotopic (exact) mass is 264 g/mol. The van der Waals surface area contributed by atoms with Gasteiger partial charge in [0.15, 0.2) is 0 Å². The Morgan fingerprint density at radius 3 is 3.16 bits per heavy atom. The van der Waals surface area contributed by atoms with Crippen LogP contribution in [-0.2, 0) is 4.74 Å². The molecule has 1 aliphatic heterocycles. The van der Waals surface area contributed by atoms with Crippen LogP contribution >= 0.6 is 0 Å². The highest BCUT2D eigenvalue weighted by atomic mass is 16.5. The highest BCUT2D eigenvalue weighted by Gasteiger charge is 2.27. The fourth-order valence-electron chi connectivity index (χ4n) is 2.33. The number of aromatic nitrogens is 1. The molecule has 0 bridgehead atoms. The number of anilines is 1. The molecular weight excluding hydrogens is 244 g/mol. The first-order valence-corrected chi connectivity index (χ1v) is 6.58. The molecule has 1 aromatic heterocycles. The highest BCUT2D eigenvalue weighted by Crippen LogP contribution is 2.22. The second-order valence-corrected chi connectivity index (χ2v) is 4.63. The lowest BCUT2D eigenvalue weighted by Gasteiger charge is -2.17. The van der Waals surface area contributed by atoms with Crippen molar-refractivity contribution in [3.63, 3.8) is 0 Å². The number of hydrogen-bond acceptors (Lipinski definition) is 5. The van der Waals surface area contributed by atoms with Crippen molar-refractivity contribution in [2.24, 2.45) is 11.8 Å². The predicted molar refractivity (Wildman–Crippen MR) is 72.5 cm³/mol. The summed E-state index contributed by atoms with van der Waals surface area (Å²) in [6, 6.07) is 5.11. The number of nitrogens with one attached hydrogen (secondary N) is 2. The Hall–Kier alpha value is -1.66. The minimum absolute atomic E-state index is 0.182. The van der Waals surface area contributed by atoms with E-state index in [0.717, 1.165) is 19.4 Å². The average molecular weight is 264 g/mol. The molecule has 1 amide bonds. The summed E-state index contributed by atoms with van der Waals surface area (Å²) < 4.78 is 5.60. The molecule has 6 heteroatoms. The zero-order valence-electron chi connectivity index (χ0n) is 11.1. The Bertz CT molecular complexity index is 438. The van der Waals surface area contributed by atoms with Crippen molar-refractivity contribution in [3.05, 3.63) is 23.9 Å². The van der Waals surface area contributed by atoms with E-state index in [0.29, 0.717) is 24.0 Å². The van der Waals surface area contributed by atoms with Gasteiger partial charge in [0.25, 0.3) is 5.91 Å². The van der Waals surface area contributed by atoms with Gasteiger partial charge in [-0.15, -0.1) is 0 Å². The van der Waals surface area contributed by atoms with E-state index in [9.17, 15) is 4.79 Å². The number of pyridine rings is 1. The Morgan fingerprint density at radius 1 is 1.58 bits per heavy atom. The van der Waals surface area contributed by atoms with E-state index >= 15 is 0 Å². The largest absolute Gasteiger partial charge is 0.378 e. The van der Waals surface area contributed by atoms with Gasteiger partial charge in [-0.25, -0.2) is 10.8 Å². The van der Waals surface area contributed by atoms with E-state index in [1.165, 1.54) is 0 Å². The van der Waals surface area contributed by atoms with Gasteiger partial charge in [0.1, 0.15) is 11.5 Å². The average Bonchev–Trinajstić information content (AvgIpc) is 2.92. The van der Waals surface area contributed by atoms with Crippen LogP contribution in [-0.4, -0.2) is 30.1 Å². The number of hydrazine groups is 1. The molecule has 19 heavy (non-hydrogen) atoms. The molecular formula is C13H20N4O2. The molecule has 2 heterocycles. The highest BCUT2D eigenvalue weighted by molar-refractivity contribution is 5.92. The quantitative estimate of drug-likeness (QED) is 0.543. The molecule has 0 spiro atoms.